The molecule has 0 amide bonds. The third kappa shape index (κ3) is 2.92. The van der Waals surface area contributed by atoms with Gasteiger partial charge < -0.3 is 0 Å². The molecule has 70 valence electrons. The molecule has 0 radical (unpaired) electrons. The number of alkyl halides is 2. The fraction of sp³-hybridized carbons (Fsp3) is 0.300. The van der Waals surface area contributed by atoms with Gasteiger partial charge in [0.05, 0.1) is 9.65 Å². The molecular weight excluding hydrogens is 296 g/mol. The summed E-state index contributed by atoms with van der Waals surface area (Å²) in [7, 11) is 0. The summed E-state index contributed by atoms with van der Waals surface area (Å²) >= 11 is 6.83. The zero-order valence-corrected chi connectivity index (χ0v) is 10.4. The quantitative estimate of drug-likeness (QED) is 0.782. The molecule has 0 fully saturated rings. The normalized spacial score (nSPS) is 15.0. The Morgan fingerprint density at radius 1 is 1.23 bits per heavy atom. The van der Waals surface area contributed by atoms with E-state index in [4.69, 9.17) is 0 Å². The minimum absolute atomic E-state index is 0.0474. The van der Waals surface area contributed by atoms with Crippen LogP contribution in [0.3, 0.4) is 0 Å². The Bertz CT molecular complexity index is 284. The van der Waals surface area contributed by atoms with Crippen LogP contribution in [0.4, 0.5) is 0 Å². The number of carbonyl (C=O) groups excluding carboxylic acids is 1. The topological polar surface area (TPSA) is 17.1 Å². The van der Waals surface area contributed by atoms with Crippen molar-refractivity contribution in [3.05, 3.63) is 35.9 Å². The van der Waals surface area contributed by atoms with Gasteiger partial charge in [-0.1, -0.05) is 62.2 Å². The van der Waals surface area contributed by atoms with E-state index in [1.165, 1.54) is 0 Å². The van der Waals surface area contributed by atoms with E-state index in [2.05, 4.69) is 31.9 Å². The highest BCUT2D eigenvalue weighted by Gasteiger charge is 2.21. The molecule has 0 heterocycles. The molecule has 0 saturated heterocycles. The SMILES string of the molecule is CC(=O)[C@@H](Br)[C@H](Br)c1ccccc1. The molecule has 0 spiro atoms. The molecule has 0 aliphatic rings. The lowest BCUT2D eigenvalue weighted by atomic mass is 10.1. The van der Waals surface area contributed by atoms with Gasteiger partial charge in [-0.3, -0.25) is 4.79 Å². The van der Waals surface area contributed by atoms with E-state index in [1.54, 1.807) is 6.92 Å². The van der Waals surface area contributed by atoms with Gasteiger partial charge in [-0.05, 0) is 12.5 Å². The molecule has 0 aliphatic carbocycles. The lowest BCUT2D eigenvalue weighted by Gasteiger charge is -2.13. The minimum atomic E-state index is -0.158. The number of hydrogen-bond donors (Lipinski definition) is 0. The van der Waals surface area contributed by atoms with Crippen LogP contribution in [0, 0.1) is 0 Å². The van der Waals surface area contributed by atoms with Gasteiger partial charge in [-0.25, -0.2) is 0 Å². The fourth-order valence-corrected chi connectivity index (χ4v) is 1.99. The van der Waals surface area contributed by atoms with Gasteiger partial charge in [0.25, 0.3) is 0 Å². The Morgan fingerprint density at radius 3 is 2.23 bits per heavy atom. The summed E-state index contributed by atoms with van der Waals surface area (Å²) in [6.45, 7) is 1.58. The number of ketones is 1. The minimum Gasteiger partial charge on any atom is -0.299 e. The number of halogens is 2. The van der Waals surface area contributed by atoms with Gasteiger partial charge in [-0.2, -0.15) is 0 Å². The van der Waals surface area contributed by atoms with Gasteiger partial charge in [0.1, 0.15) is 5.78 Å². The van der Waals surface area contributed by atoms with Gasteiger partial charge in [-0.15, -0.1) is 0 Å². The summed E-state index contributed by atoms with van der Waals surface area (Å²) in [4.78, 5) is 11.0. The first-order valence-electron chi connectivity index (χ1n) is 3.96. The second kappa shape index (κ2) is 4.91. The average molecular weight is 306 g/mol. The van der Waals surface area contributed by atoms with Crippen LogP contribution in [0.25, 0.3) is 0 Å². The Labute approximate surface area is 94.8 Å². The Morgan fingerprint density at radius 2 is 1.77 bits per heavy atom. The van der Waals surface area contributed by atoms with E-state index in [9.17, 15) is 4.79 Å². The molecule has 1 aromatic rings. The van der Waals surface area contributed by atoms with Crippen molar-refractivity contribution >= 4 is 37.6 Å². The summed E-state index contributed by atoms with van der Waals surface area (Å²) in [6.07, 6.45) is 0. The Kier molecular flexibility index (Phi) is 4.13. The summed E-state index contributed by atoms with van der Waals surface area (Å²) in [5.41, 5.74) is 1.11. The lowest BCUT2D eigenvalue weighted by molar-refractivity contribution is -0.116. The van der Waals surface area contributed by atoms with Crippen molar-refractivity contribution in [2.45, 2.75) is 16.6 Å². The first-order chi connectivity index (χ1) is 6.13. The second-order valence-corrected chi connectivity index (χ2v) is 4.80. The predicted octanol–water partition coefficient (Wildman–Crippen LogP) is 3.48. The highest BCUT2D eigenvalue weighted by Crippen LogP contribution is 2.31. The maximum absolute atomic E-state index is 11.1. The molecule has 3 heteroatoms. The third-order valence-electron chi connectivity index (χ3n) is 1.76. The van der Waals surface area contributed by atoms with Crippen LogP contribution in [0.15, 0.2) is 30.3 Å². The largest absolute Gasteiger partial charge is 0.299 e. The van der Waals surface area contributed by atoms with Crippen LogP contribution in [0.1, 0.15) is 17.3 Å². The summed E-state index contributed by atoms with van der Waals surface area (Å²) < 4.78 is 0. The van der Waals surface area contributed by atoms with Crippen molar-refractivity contribution in [1.29, 1.82) is 0 Å². The van der Waals surface area contributed by atoms with E-state index < -0.39 is 0 Å². The van der Waals surface area contributed by atoms with Crippen molar-refractivity contribution < 1.29 is 4.79 Å². The van der Waals surface area contributed by atoms with Crippen LogP contribution < -0.4 is 0 Å². The summed E-state index contributed by atoms with van der Waals surface area (Å²) in [5, 5.41) is 0. The molecule has 0 bridgehead atoms. The zero-order chi connectivity index (χ0) is 9.84. The highest BCUT2D eigenvalue weighted by molar-refractivity contribution is 9.12. The summed E-state index contributed by atoms with van der Waals surface area (Å²) in [5.74, 6) is 0.130. The van der Waals surface area contributed by atoms with E-state index in [1.807, 2.05) is 30.3 Å². The predicted molar refractivity (Wildman–Crippen MR) is 61.5 cm³/mol. The maximum Gasteiger partial charge on any atom is 0.144 e. The second-order valence-electron chi connectivity index (χ2n) is 2.82. The van der Waals surface area contributed by atoms with Gasteiger partial charge in [0.2, 0.25) is 0 Å². The lowest BCUT2D eigenvalue weighted by Crippen LogP contribution is -2.15. The molecule has 1 nitrogen and oxygen atoms in total. The number of hydrogen-bond acceptors (Lipinski definition) is 1. The van der Waals surface area contributed by atoms with E-state index in [0.29, 0.717) is 0 Å². The summed E-state index contributed by atoms with van der Waals surface area (Å²) in [6, 6.07) is 9.88. The first kappa shape index (κ1) is 10.9. The molecule has 0 N–H and O–H groups in total. The first-order valence-corrected chi connectivity index (χ1v) is 5.79. The van der Waals surface area contributed by atoms with E-state index in [0.717, 1.165) is 5.56 Å². The molecule has 1 aromatic carbocycles. The van der Waals surface area contributed by atoms with Gasteiger partial charge in [0.15, 0.2) is 0 Å². The van der Waals surface area contributed by atoms with Crippen molar-refractivity contribution in [3.63, 3.8) is 0 Å². The van der Waals surface area contributed by atoms with Crippen molar-refractivity contribution in [1.82, 2.24) is 0 Å². The average Bonchev–Trinajstić information content (AvgIpc) is 2.17. The van der Waals surface area contributed by atoms with Crippen molar-refractivity contribution in [3.8, 4) is 0 Å². The van der Waals surface area contributed by atoms with E-state index in [-0.39, 0.29) is 15.4 Å². The number of rotatable bonds is 3. The molecule has 13 heavy (non-hydrogen) atoms. The number of benzene rings is 1. The zero-order valence-electron chi connectivity index (χ0n) is 7.21. The number of carbonyl (C=O) groups is 1. The molecule has 0 aromatic heterocycles. The third-order valence-corrected chi connectivity index (χ3v) is 4.70. The fourth-order valence-electron chi connectivity index (χ4n) is 1.01. The molecule has 0 aliphatic heterocycles. The van der Waals surface area contributed by atoms with Crippen LogP contribution in [0.2, 0.25) is 0 Å². The maximum atomic E-state index is 11.1. The van der Waals surface area contributed by atoms with Crippen LogP contribution in [-0.4, -0.2) is 10.6 Å². The monoisotopic (exact) mass is 304 g/mol. The molecule has 0 unspecified atom stereocenters. The van der Waals surface area contributed by atoms with E-state index >= 15 is 0 Å². The van der Waals surface area contributed by atoms with Crippen molar-refractivity contribution in [2.24, 2.45) is 0 Å². The molecule has 0 saturated carbocycles. The molecular formula is C10H10Br2O. The van der Waals surface area contributed by atoms with Crippen LogP contribution >= 0.6 is 31.9 Å². The van der Waals surface area contributed by atoms with Gasteiger partial charge >= 0.3 is 0 Å². The van der Waals surface area contributed by atoms with Crippen LogP contribution in [0.5, 0.6) is 0 Å². The smallest absolute Gasteiger partial charge is 0.144 e. The molecule has 2 atom stereocenters. The van der Waals surface area contributed by atoms with Crippen molar-refractivity contribution in [2.75, 3.05) is 0 Å². The number of Topliss-reactive ketones (excluding diaryl/α,β-unsaturated/α-hetero) is 1. The standard InChI is InChI=1S/C10H10Br2O/c1-7(13)9(11)10(12)8-5-3-2-4-6-8/h2-6,9-10H,1H3/t9-,10-/m1/s1. The Hall–Kier alpha value is -0.150. The molecule has 1 rings (SSSR count). The Balaban J connectivity index is 2.79. The van der Waals surface area contributed by atoms with Crippen LogP contribution in [-0.2, 0) is 4.79 Å². The van der Waals surface area contributed by atoms with Gasteiger partial charge in [0, 0.05) is 0 Å². The highest BCUT2D eigenvalue weighted by atomic mass is 79.9.